The standard InChI is InChI=1S/C16H15Cl3N2O2S/c17-12-2-1-3-15(9-12)20-4-6-21(7-5-20)24(22,23)16-10-13(18)8-14(19)11-16/h1-3,8-11H,4-7H2. The zero-order valence-electron chi connectivity index (χ0n) is 12.6. The van der Waals surface area contributed by atoms with Gasteiger partial charge in [0.05, 0.1) is 4.90 Å². The second-order valence-electron chi connectivity index (χ2n) is 5.48. The van der Waals surface area contributed by atoms with Gasteiger partial charge in [0.25, 0.3) is 0 Å². The molecule has 0 spiro atoms. The summed E-state index contributed by atoms with van der Waals surface area (Å²) >= 11 is 17.9. The highest BCUT2D eigenvalue weighted by atomic mass is 35.5. The first-order chi connectivity index (χ1) is 11.4. The van der Waals surface area contributed by atoms with E-state index in [-0.39, 0.29) is 4.90 Å². The van der Waals surface area contributed by atoms with Gasteiger partial charge in [0.2, 0.25) is 10.0 Å². The third-order valence-corrected chi connectivity index (χ3v) is 6.43. The Balaban J connectivity index is 1.76. The van der Waals surface area contributed by atoms with E-state index >= 15 is 0 Å². The van der Waals surface area contributed by atoms with Crippen LogP contribution < -0.4 is 4.90 Å². The topological polar surface area (TPSA) is 40.6 Å². The Morgan fingerprint density at radius 2 is 1.42 bits per heavy atom. The maximum atomic E-state index is 12.8. The Bertz CT molecular complexity index is 830. The van der Waals surface area contributed by atoms with Gasteiger partial charge >= 0.3 is 0 Å². The molecule has 0 atom stereocenters. The molecule has 0 aromatic heterocycles. The zero-order valence-corrected chi connectivity index (χ0v) is 15.7. The van der Waals surface area contributed by atoms with E-state index in [0.29, 0.717) is 41.2 Å². The molecule has 0 radical (unpaired) electrons. The Morgan fingerprint density at radius 1 is 0.792 bits per heavy atom. The summed E-state index contributed by atoms with van der Waals surface area (Å²) in [5.74, 6) is 0. The monoisotopic (exact) mass is 404 g/mol. The van der Waals surface area contributed by atoms with E-state index < -0.39 is 10.0 Å². The molecule has 1 aliphatic heterocycles. The minimum atomic E-state index is -3.61. The van der Waals surface area contributed by atoms with Crippen LogP contribution in [0.25, 0.3) is 0 Å². The van der Waals surface area contributed by atoms with Gasteiger partial charge in [-0.15, -0.1) is 0 Å². The molecule has 0 unspecified atom stereocenters. The first-order valence-corrected chi connectivity index (χ1v) is 9.90. The van der Waals surface area contributed by atoms with Crippen LogP contribution in [-0.4, -0.2) is 38.9 Å². The number of nitrogens with zero attached hydrogens (tertiary/aromatic N) is 2. The summed E-state index contributed by atoms with van der Waals surface area (Å²) in [5, 5.41) is 1.27. The Morgan fingerprint density at radius 3 is 2.00 bits per heavy atom. The molecule has 3 rings (SSSR count). The summed E-state index contributed by atoms with van der Waals surface area (Å²) < 4.78 is 27.0. The fourth-order valence-corrected chi connectivity index (χ4v) is 5.02. The molecule has 4 nitrogen and oxygen atoms in total. The van der Waals surface area contributed by atoms with E-state index in [1.165, 1.54) is 22.5 Å². The predicted octanol–water partition coefficient (Wildman–Crippen LogP) is 4.16. The molecular formula is C16H15Cl3N2O2S. The van der Waals surface area contributed by atoms with Gasteiger partial charge in [-0.25, -0.2) is 8.42 Å². The molecule has 1 heterocycles. The number of piperazine rings is 1. The average molecular weight is 406 g/mol. The second kappa shape index (κ2) is 7.10. The number of hydrogen-bond donors (Lipinski definition) is 0. The number of halogens is 3. The molecule has 128 valence electrons. The number of rotatable bonds is 3. The normalized spacial score (nSPS) is 16.4. The van der Waals surface area contributed by atoms with E-state index in [2.05, 4.69) is 4.90 Å². The molecule has 1 fully saturated rings. The molecule has 0 aliphatic carbocycles. The highest BCUT2D eigenvalue weighted by molar-refractivity contribution is 7.89. The van der Waals surface area contributed by atoms with Gasteiger partial charge in [-0.1, -0.05) is 40.9 Å². The van der Waals surface area contributed by atoms with Crippen molar-refractivity contribution in [2.75, 3.05) is 31.1 Å². The van der Waals surface area contributed by atoms with Crippen molar-refractivity contribution in [2.45, 2.75) is 4.90 Å². The number of benzene rings is 2. The van der Waals surface area contributed by atoms with Crippen LogP contribution in [0.15, 0.2) is 47.4 Å². The quantitative estimate of drug-likeness (QED) is 0.770. The van der Waals surface area contributed by atoms with Gasteiger partial charge in [0.15, 0.2) is 0 Å². The predicted molar refractivity (Wildman–Crippen MR) is 98.9 cm³/mol. The fraction of sp³-hybridized carbons (Fsp3) is 0.250. The van der Waals surface area contributed by atoms with Crippen LogP contribution in [0.1, 0.15) is 0 Å². The summed E-state index contributed by atoms with van der Waals surface area (Å²) in [5.41, 5.74) is 0.991. The van der Waals surface area contributed by atoms with E-state index in [1.54, 1.807) is 0 Å². The van der Waals surface area contributed by atoms with Gasteiger partial charge in [0, 0.05) is 46.9 Å². The molecule has 0 amide bonds. The number of sulfonamides is 1. The summed E-state index contributed by atoms with van der Waals surface area (Å²) in [7, 11) is -3.61. The van der Waals surface area contributed by atoms with Crippen molar-refractivity contribution < 1.29 is 8.42 Å². The summed E-state index contributed by atoms with van der Waals surface area (Å²) in [6, 6.07) is 11.9. The SMILES string of the molecule is O=S(=O)(c1cc(Cl)cc(Cl)c1)N1CCN(c2cccc(Cl)c2)CC1. The number of anilines is 1. The van der Waals surface area contributed by atoms with Gasteiger partial charge in [-0.2, -0.15) is 4.31 Å². The molecule has 0 N–H and O–H groups in total. The van der Waals surface area contributed by atoms with E-state index in [4.69, 9.17) is 34.8 Å². The third-order valence-electron chi connectivity index (χ3n) is 3.89. The van der Waals surface area contributed by atoms with Crippen molar-refractivity contribution in [2.24, 2.45) is 0 Å². The molecule has 2 aromatic carbocycles. The average Bonchev–Trinajstić information content (AvgIpc) is 2.54. The molecule has 1 saturated heterocycles. The zero-order chi connectivity index (χ0) is 17.3. The highest BCUT2D eigenvalue weighted by Crippen LogP contribution is 2.27. The minimum Gasteiger partial charge on any atom is -0.369 e. The van der Waals surface area contributed by atoms with Crippen LogP contribution in [0.2, 0.25) is 15.1 Å². The smallest absolute Gasteiger partial charge is 0.243 e. The van der Waals surface area contributed by atoms with Crippen LogP contribution in [0.5, 0.6) is 0 Å². The van der Waals surface area contributed by atoms with Crippen LogP contribution in [-0.2, 0) is 10.0 Å². The summed E-state index contributed by atoms with van der Waals surface area (Å²) in [4.78, 5) is 2.24. The van der Waals surface area contributed by atoms with Crippen molar-refractivity contribution in [3.05, 3.63) is 57.5 Å². The summed E-state index contributed by atoms with van der Waals surface area (Å²) in [6.45, 7) is 1.96. The highest BCUT2D eigenvalue weighted by Gasteiger charge is 2.29. The van der Waals surface area contributed by atoms with E-state index in [1.807, 2.05) is 24.3 Å². The first kappa shape index (κ1) is 17.8. The fourth-order valence-electron chi connectivity index (χ4n) is 2.69. The lowest BCUT2D eigenvalue weighted by Gasteiger charge is -2.35. The maximum absolute atomic E-state index is 12.8. The first-order valence-electron chi connectivity index (χ1n) is 7.33. The lowest BCUT2D eigenvalue weighted by atomic mass is 10.2. The summed E-state index contributed by atoms with van der Waals surface area (Å²) in [6.07, 6.45) is 0. The largest absolute Gasteiger partial charge is 0.369 e. The Labute approximate surface area is 156 Å². The molecule has 1 aliphatic rings. The third kappa shape index (κ3) is 3.81. The number of hydrogen-bond acceptors (Lipinski definition) is 3. The van der Waals surface area contributed by atoms with Crippen LogP contribution in [0, 0.1) is 0 Å². The minimum absolute atomic E-state index is 0.121. The van der Waals surface area contributed by atoms with Gasteiger partial charge < -0.3 is 4.90 Å². The van der Waals surface area contributed by atoms with Crippen molar-refractivity contribution in [1.82, 2.24) is 4.31 Å². The second-order valence-corrected chi connectivity index (χ2v) is 8.72. The molecule has 24 heavy (non-hydrogen) atoms. The van der Waals surface area contributed by atoms with Crippen molar-refractivity contribution in [1.29, 1.82) is 0 Å². The molecular weight excluding hydrogens is 391 g/mol. The van der Waals surface area contributed by atoms with Crippen LogP contribution in [0.4, 0.5) is 5.69 Å². The van der Waals surface area contributed by atoms with Crippen molar-refractivity contribution in [3.63, 3.8) is 0 Å². The maximum Gasteiger partial charge on any atom is 0.243 e. The Hall–Kier alpha value is -0.980. The van der Waals surface area contributed by atoms with Crippen molar-refractivity contribution >= 4 is 50.5 Å². The van der Waals surface area contributed by atoms with Crippen LogP contribution in [0.3, 0.4) is 0 Å². The molecule has 2 aromatic rings. The lowest BCUT2D eigenvalue weighted by molar-refractivity contribution is 0.385. The lowest BCUT2D eigenvalue weighted by Crippen LogP contribution is -2.48. The molecule has 8 heteroatoms. The van der Waals surface area contributed by atoms with E-state index in [0.717, 1.165) is 5.69 Å². The van der Waals surface area contributed by atoms with Gasteiger partial charge in [-0.3, -0.25) is 0 Å². The van der Waals surface area contributed by atoms with Crippen LogP contribution >= 0.6 is 34.8 Å². The van der Waals surface area contributed by atoms with E-state index in [9.17, 15) is 8.42 Å². The van der Waals surface area contributed by atoms with Crippen molar-refractivity contribution in [3.8, 4) is 0 Å². The molecule has 0 saturated carbocycles. The Kier molecular flexibility index (Phi) is 5.27. The van der Waals surface area contributed by atoms with Gasteiger partial charge in [-0.05, 0) is 36.4 Å². The van der Waals surface area contributed by atoms with Gasteiger partial charge in [0.1, 0.15) is 0 Å². The molecule has 0 bridgehead atoms.